The highest BCUT2D eigenvalue weighted by molar-refractivity contribution is 5.02. The molecule has 0 spiro atoms. The molecular weight excluding hydrogens is 204 g/mol. The van der Waals surface area contributed by atoms with Crippen LogP contribution in [-0.2, 0) is 4.74 Å². The molecule has 0 bridgehead atoms. The zero-order valence-electron chi connectivity index (χ0n) is 10.2. The monoisotopic (exact) mass is 228 g/mol. The lowest BCUT2D eigenvalue weighted by molar-refractivity contribution is -0.177. The maximum atomic E-state index is 10.8. The second kappa shape index (κ2) is 4.63. The average Bonchev–Trinajstić information content (AvgIpc) is 2.29. The van der Waals surface area contributed by atoms with Crippen LogP contribution in [-0.4, -0.2) is 35.6 Å². The number of ether oxygens (including phenoxy) is 1. The Morgan fingerprint density at radius 2 is 1.94 bits per heavy atom. The summed E-state index contributed by atoms with van der Waals surface area (Å²) in [4.78, 5) is 0. The molecule has 2 aliphatic rings. The normalized spacial score (nSPS) is 39.6. The lowest BCUT2D eigenvalue weighted by Gasteiger charge is -2.51. The van der Waals surface area contributed by atoms with E-state index in [-0.39, 0.29) is 12.0 Å². The maximum Gasteiger partial charge on any atom is 0.0769 e. The molecular formula is C13H24O3. The van der Waals surface area contributed by atoms with E-state index < -0.39 is 5.60 Å². The molecule has 0 amide bonds. The third-order valence-electron chi connectivity index (χ3n) is 4.70. The van der Waals surface area contributed by atoms with Gasteiger partial charge in [0.05, 0.1) is 12.2 Å². The average molecular weight is 228 g/mol. The summed E-state index contributed by atoms with van der Waals surface area (Å²) in [6.07, 6.45) is 5.64. The third-order valence-corrected chi connectivity index (χ3v) is 4.70. The zero-order valence-corrected chi connectivity index (χ0v) is 10.2. The SMILES string of the molecule is CC1CCCC(CO)(C2(O)CCOCC2)C1. The van der Waals surface area contributed by atoms with Crippen LogP contribution in [0.25, 0.3) is 0 Å². The van der Waals surface area contributed by atoms with Crippen LogP contribution < -0.4 is 0 Å². The van der Waals surface area contributed by atoms with Gasteiger partial charge in [0.1, 0.15) is 0 Å². The fourth-order valence-electron chi connectivity index (χ4n) is 3.61. The second-order valence-corrected chi connectivity index (χ2v) is 5.78. The molecule has 3 heteroatoms. The van der Waals surface area contributed by atoms with Crippen molar-refractivity contribution in [1.29, 1.82) is 0 Å². The lowest BCUT2D eigenvalue weighted by Crippen LogP contribution is -2.55. The van der Waals surface area contributed by atoms with Crippen LogP contribution in [0, 0.1) is 11.3 Å². The fraction of sp³-hybridized carbons (Fsp3) is 1.00. The molecule has 0 aromatic heterocycles. The Morgan fingerprint density at radius 1 is 1.25 bits per heavy atom. The Morgan fingerprint density at radius 3 is 2.50 bits per heavy atom. The number of rotatable bonds is 2. The van der Waals surface area contributed by atoms with E-state index in [0.717, 1.165) is 19.3 Å². The minimum atomic E-state index is -0.700. The molecule has 94 valence electrons. The molecule has 1 saturated heterocycles. The minimum absolute atomic E-state index is 0.119. The molecule has 2 atom stereocenters. The smallest absolute Gasteiger partial charge is 0.0769 e. The predicted octanol–water partition coefficient (Wildman–Crippen LogP) is 1.72. The summed E-state index contributed by atoms with van der Waals surface area (Å²) >= 11 is 0. The highest BCUT2D eigenvalue weighted by atomic mass is 16.5. The molecule has 0 aromatic rings. The summed E-state index contributed by atoms with van der Waals surface area (Å²) in [5.74, 6) is 0.618. The van der Waals surface area contributed by atoms with Gasteiger partial charge in [-0.2, -0.15) is 0 Å². The van der Waals surface area contributed by atoms with Crippen LogP contribution in [0.15, 0.2) is 0 Å². The Kier molecular flexibility index (Phi) is 3.57. The number of aliphatic hydroxyl groups excluding tert-OH is 1. The molecule has 2 N–H and O–H groups in total. The van der Waals surface area contributed by atoms with E-state index in [9.17, 15) is 10.2 Å². The van der Waals surface area contributed by atoms with Crippen molar-refractivity contribution in [3.05, 3.63) is 0 Å². The van der Waals surface area contributed by atoms with Gasteiger partial charge < -0.3 is 14.9 Å². The molecule has 2 rings (SSSR count). The van der Waals surface area contributed by atoms with Crippen molar-refractivity contribution < 1.29 is 14.9 Å². The van der Waals surface area contributed by atoms with Crippen molar-refractivity contribution >= 4 is 0 Å². The summed E-state index contributed by atoms with van der Waals surface area (Å²) in [7, 11) is 0. The first-order chi connectivity index (χ1) is 7.62. The Labute approximate surface area is 97.8 Å². The van der Waals surface area contributed by atoms with Crippen molar-refractivity contribution in [3.8, 4) is 0 Å². The summed E-state index contributed by atoms with van der Waals surface area (Å²) in [5, 5.41) is 20.6. The second-order valence-electron chi connectivity index (χ2n) is 5.78. The minimum Gasteiger partial charge on any atom is -0.396 e. The van der Waals surface area contributed by atoms with Crippen LogP contribution >= 0.6 is 0 Å². The van der Waals surface area contributed by atoms with Gasteiger partial charge in [-0.25, -0.2) is 0 Å². The quantitative estimate of drug-likeness (QED) is 0.756. The molecule has 1 saturated carbocycles. The third kappa shape index (κ3) is 2.01. The fourth-order valence-corrected chi connectivity index (χ4v) is 3.61. The first kappa shape index (κ1) is 12.3. The van der Waals surface area contributed by atoms with Gasteiger partial charge in [-0.15, -0.1) is 0 Å². The summed E-state index contributed by atoms with van der Waals surface area (Å²) in [5.41, 5.74) is -0.969. The standard InChI is InChI=1S/C13H24O3/c1-11-3-2-4-12(9-11,10-14)13(15)5-7-16-8-6-13/h11,14-15H,2-10H2,1H3. The van der Waals surface area contributed by atoms with E-state index in [1.807, 2.05) is 0 Å². The van der Waals surface area contributed by atoms with Gasteiger partial charge in [0.15, 0.2) is 0 Å². The van der Waals surface area contributed by atoms with E-state index in [4.69, 9.17) is 4.74 Å². The largest absolute Gasteiger partial charge is 0.396 e. The molecule has 1 aliphatic heterocycles. The molecule has 2 unspecified atom stereocenters. The summed E-state index contributed by atoms with van der Waals surface area (Å²) in [6, 6.07) is 0. The number of aliphatic hydroxyl groups is 2. The van der Waals surface area contributed by atoms with Crippen LogP contribution in [0.5, 0.6) is 0 Å². The van der Waals surface area contributed by atoms with E-state index in [1.165, 1.54) is 6.42 Å². The Balaban J connectivity index is 2.18. The number of hydrogen-bond donors (Lipinski definition) is 2. The summed E-state index contributed by atoms with van der Waals surface area (Å²) in [6.45, 7) is 3.61. The van der Waals surface area contributed by atoms with Gasteiger partial charge in [-0.3, -0.25) is 0 Å². The Bertz CT molecular complexity index is 235. The highest BCUT2D eigenvalue weighted by Gasteiger charge is 2.51. The van der Waals surface area contributed by atoms with Crippen molar-refractivity contribution in [3.63, 3.8) is 0 Å². The molecule has 16 heavy (non-hydrogen) atoms. The highest BCUT2D eigenvalue weighted by Crippen LogP contribution is 2.50. The molecule has 1 aliphatic carbocycles. The number of hydrogen-bond acceptors (Lipinski definition) is 3. The van der Waals surface area contributed by atoms with Crippen molar-refractivity contribution in [1.82, 2.24) is 0 Å². The first-order valence-corrected chi connectivity index (χ1v) is 6.53. The van der Waals surface area contributed by atoms with Gasteiger partial charge in [0.25, 0.3) is 0 Å². The van der Waals surface area contributed by atoms with Gasteiger partial charge in [-0.05, 0) is 18.8 Å². The van der Waals surface area contributed by atoms with Crippen LogP contribution in [0.1, 0.15) is 45.4 Å². The van der Waals surface area contributed by atoms with Crippen LogP contribution in [0.4, 0.5) is 0 Å². The topological polar surface area (TPSA) is 49.7 Å². The summed E-state index contributed by atoms with van der Waals surface area (Å²) < 4.78 is 5.33. The molecule has 0 radical (unpaired) electrons. The maximum absolute atomic E-state index is 10.8. The molecule has 3 nitrogen and oxygen atoms in total. The van der Waals surface area contributed by atoms with Gasteiger partial charge >= 0.3 is 0 Å². The van der Waals surface area contributed by atoms with Gasteiger partial charge in [0.2, 0.25) is 0 Å². The first-order valence-electron chi connectivity index (χ1n) is 6.53. The predicted molar refractivity (Wildman–Crippen MR) is 62.2 cm³/mol. The van der Waals surface area contributed by atoms with Crippen molar-refractivity contribution in [2.45, 2.75) is 51.0 Å². The van der Waals surface area contributed by atoms with Crippen molar-refractivity contribution in [2.75, 3.05) is 19.8 Å². The van der Waals surface area contributed by atoms with Crippen molar-refractivity contribution in [2.24, 2.45) is 11.3 Å². The van der Waals surface area contributed by atoms with E-state index in [1.54, 1.807) is 0 Å². The van der Waals surface area contributed by atoms with Gasteiger partial charge in [-0.1, -0.05) is 19.8 Å². The molecule has 2 fully saturated rings. The van der Waals surface area contributed by atoms with E-state index >= 15 is 0 Å². The zero-order chi connectivity index (χ0) is 11.6. The van der Waals surface area contributed by atoms with E-state index in [2.05, 4.69) is 6.92 Å². The van der Waals surface area contributed by atoms with E-state index in [0.29, 0.717) is 32.0 Å². The Hall–Kier alpha value is -0.120. The van der Waals surface area contributed by atoms with Crippen LogP contribution in [0.3, 0.4) is 0 Å². The van der Waals surface area contributed by atoms with Gasteiger partial charge in [0, 0.05) is 31.5 Å². The molecule has 1 heterocycles. The molecule has 0 aromatic carbocycles. The van der Waals surface area contributed by atoms with Crippen LogP contribution in [0.2, 0.25) is 0 Å². The lowest BCUT2D eigenvalue weighted by atomic mass is 9.59.